The highest BCUT2D eigenvalue weighted by atomic mass is 16.5. The van der Waals surface area contributed by atoms with Gasteiger partial charge in [0.15, 0.2) is 0 Å². The van der Waals surface area contributed by atoms with Crippen LogP contribution in [0, 0.1) is 0 Å². The highest BCUT2D eigenvalue weighted by Gasteiger charge is 2.11. The summed E-state index contributed by atoms with van der Waals surface area (Å²) in [6.45, 7) is 3.27. The minimum atomic E-state index is -0.384. The Hall–Kier alpha value is -2.62. The molecule has 0 aliphatic heterocycles. The van der Waals surface area contributed by atoms with Crippen molar-refractivity contribution in [2.24, 2.45) is 0 Å². The molecule has 0 radical (unpaired) electrons. The van der Waals surface area contributed by atoms with Crippen molar-refractivity contribution in [2.45, 2.75) is 19.9 Å². The monoisotopic (exact) mass is 283 g/mol. The largest absolute Gasteiger partial charge is 0.427 e. The van der Waals surface area contributed by atoms with Crippen LogP contribution in [-0.4, -0.2) is 11.9 Å². The van der Waals surface area contributed by atoms with Gasteiger partial charge in [0.25, 0.3) is 5.91 Å². The summed E-state index contributed by atoms with van der Waals surface area (Å²) in [6, 6.07) is 16.1. The summed E-state index contributed by atoms with van der Waals surface area (Å²) >= 11 is 0. The maximum absolute atomic E-state index is 12.1. The summed E-state index contributed by atoms with van der Waals surface area (Å²) in [7, 11) is 0. The second-order valence-corrected chi connectivity index (χ2v) is 4.72. The molecule has 4 heteroatoms. The third-order valence-electron chi connectivity index (χ3n) is 3.03. The number of hydrogen-bond donors (Lipinski definition) is 1. The lowest BCUT2D eigenvalue weighted by molar-refractivity contribution is -0.131. The SMILES string of the molecule is CC(=O)Oc1ccc(C(=O)N[C@H](C)c2ccccc2)cc1. The number of hydrogen-bond acceptors (Lipinski definition) is 3. The van der Waals surface area contributed by atoms with Crippen LogP contribution in [0.1, 0.15) is 35.8 Å². The fourth-order valence-corrected chi connectivity index (χ4v) is 1.95. The molecule has 0 heterocycles. The van der Waals surface area contributed by atoms with E-state index in [1.54, 1.807) is 24.3 Å². The van der Waals surface area contributed by atoms with Crippen LogP contribution in [0.15, 0.2) is 54.6 Å². The van der Waals surface area contributed by atoms with Crippen molar-refractivity contribution < 1.29 is 14.3 Å². The molecule has 0 fully saturated rings. The van der Waals surface area contributed by atoms with Gasteiger partial charge in [-0.1, -0.05) is 30.3 Å². The van der Waals surface area contributed by atoms with E-state index in [4.69, 9.17) is 4.74 Å². The quantitative estimate of drug-likeness (QED) is 0.693. The lowest BCUT2D eigenvalue weighted by Gasteiger charge is -2.14. The topological polar surface area (TPSA) is 55.4 Å². The summed E-state index contributed by atoms with van der Waals surface area (Å²) in [5, 5.41) is 2.93. The normalized spacial score (nSPS) is 11.5. The molecule has 2 aromatic carbocycles. The third-order valence-corrected chi connectivity index (χ3v) is 3.03. The van der Waals surface area contributed by atoms with Crippen LogP contribution in [-0.2, 0) is 4.79 Å². The molecule has 2 rings (SSSR count). The lowest BCUT2D eigenvalue weighted by Crippen LogP contribution is -2.26. The second-order valence-electron chi connectivity index (χ2n) is 4.72. The van der Waals surface area contributed by atoms with Crippen molar-refractivity contribution >= 4 is 11.9 Å². The van der Waals surface area contributed by atoms with Crippen LogP contribution in [0.4, 0.5) is 0 Å². The van der Waals surface area contributed by atoms with Gasteiger partial charge in [0.2, 0.25) is 0 Å². The number of carbonyl (C=O) groups is 2. The average molecular weight is 283 g/mol. The molecule has 1 N–H and O–H groups in total. The Balaban J connectivity index is 2.01. The van der Waals surface area contributed by atoms with Gasteiger partial charge in [0.05, 0.1) is 6.04 Å². The van der Waals surface area contributed by atoms with E-state index in [1.165, 1.54) is 6.92 Å². The fourth-order valence-electron chi connectivity index (χ4n) is 1.95. The van der Waals surface area contributed by atoms with Gasteiger partial charge in [0, 0.05) is 12.5 Å². The van der Waals surface area contributed by atoms with Gasteiger partial charge < -0.3 is 10.1 Å². The predicted molar refractivity (Wildman–Crippen MR) is 80.1 cm³/mol. The summed E-state index contributed by atoms with van der Waals surface area (Å²) in [5.74, 6) is -0.124. The number of rotatable bonds is 4. The average Bonchev–Trinajstić information content (AvgIpc) is 2.48. The molecule has 2 aromatic rings. The van der Waals surface area contributed by atoms with Crippen molar-refractivity contribution in [1.29, 1.82) is 0 Å². The van der Waals surface area contributed by atoms with Crippen molar-refractivity contribution in [2.75, 3.05) is 0 Å². The maximum atomic E-state index is 12.1. The molecule has 1 amide bonds. The Morgan fingerprint density at radius 3 is 2.19 bits per heavy atom. The Morgan fingerprint density at radius 2 is 1.62 bits per heavy atom. The third kappa shape index (κ3) is 4.18. The molecule has 0 aliphatic carbocycles. The number of ether oxygens (including phenoxy) is 1. The van der Waals surface area contributed by atoms with Crippen LogP contribution < -0.4 is 10.1 Å². The number of esters is 1. The van der Waals surface area contributed by atoms with E-state index < -0.39 is 0 Å². The second kappa shape index (κ2) is 6.70. The summed E-state index contributed by atoms with van der Waals surface area (Å²) in [6.07, 6.45) is 0. The Morgan fingerprint density at radius 1 is 1.00 bits per heavy atom. The highest BCUT2D eigenvalue weighted by molar-refractivity contribution is 5.94. The first-order valence-corrected chi connectivity index (χ1v) is 6.70. The van der Waals surface area contributed by atoms with Crippen molar-refractivity contribution in [1.82, 2.24) is 5.32 Å². The van der Waals surface area contributed by atoms with E-state index in [1.807, 2.05) is 37.3 Å². The molecule has 1 atom stereocenters. The zero-order valence-electron chi connectivity index (χ0n) is 12.0. The fraction of sp³-hybridized carbons (Fsp3) is 0.176. The van der Waals surface area contributed by atoms with E-state index in [9.17, 15) is 9.59 Å². The smallest absolute Gasteiger partial charge is 0.308 e. The van der Waals surface area contributed by atoms with Crippen molar-refractivity contribution in [3.05, 3.63) is 65.7 Å². The number of benzene rings is 2. The van der Waals surface area contributed by atoms with Gasteiger partial charge in [0.1, 0.15) is 5.75 Å². The van der Waals surface area contributed by atoms with Crippen LogP contribution in [0.2, 0.25) is 0 Å². The highest BCUT2D eigenvalue weighted by Crippen LogP contribution is 2.15. The van der Waals surface area contributed by atoms with Gasteiger partial charge in [-0.3, -0.25) is 9.59 Å². The molecule has 21 heavy (non-hydrogen) atoms. The number of amides is 1. The van der Waals surface area contributed by atoms with E-state index in [2.05, 4.69) is 5.32 Å². The van der Waals surface area contributed by atoms with Crippen molar-refractivity contribution in [3.8, 4) is 5.75 Å². The van der Waals surface area contributed by atoms with Crippen LogP contribution in [0.3, 0.4) is 0 Å². The first-order valence-electron chi connectivity index (χ1n) is 6.70. The first-order chi connectivity index (χ1) is 10.1. The molecule has 108 valence electrons. The minimum absolute atomic E-state index is 0.0770. The molecule has 0 saturated heterocycles. The predicted octanol–water partition coefficient (Wildman–Crippen LogP) is 3.10. The molecule has 0 unspecified atom stereocenters. The summed E-state index contributed by atoms with van der Waals surface area (Å²) < 4.78 is 4.93. The van der Waals surface area contributed by atoms with Gasteiger partial charge in [-0.15, -0.1) is 0 Å². The van der Waals surface area contributed by atoms with Gasteiger partial charge in [-0.25, -0.2) is 0 Å². The number of nitrogens with one attached hydrogen (secondary N) is 1. The molecular weight excluding hydrogens is 266 g/mol. The van der Waals surface area contributed by atoms with Gasteiger partial charge in [-0.05, 0) is 36.8 Å². The summed E-state index contributed by atoms with van der Waals surface area (Å²) in [4.78, 5) is 23.0. The van der Waals surface area contributed by atoms with E-state index in [0.717, 1.165) is 5.56 Å². The lowest BCUT2D eigenvalue weighted by atomic mass is 10.1. The zero-order chi connectivity index (χ0) is 15.2. The van der Waals surface area contributed by atoms with E-state index in [-0.39, 0.29) is 17.9 Å². The Bertz CT molecular complexity index is 620. The molecule has 0 aliphatic rings. The van der Waals surface area contributed by atoms with Gasteiger partial charge in [-0.2, -0.15) is 0 Å². The minimum Gasteiger partial charge on any atom is -0.427 e. The maximum Gasteiger partial charge on any atom is 0.308 e. The zero-order valence-corrected chi connectivity index (χ0v) is 12.0. The summed E-state index contributed by atoms with van der Waals surface area (Å²) in [5.41, 5.74) is 1.57. The van der Waals surface area contributed by atoms with Gasteiger partial charge >= 0.3 is 5.97 Å². The standard InChI is InChI=1S/C17H17NO3/c1-12(14-6-4-3-5-7-14)18-17(20)15-8-10-16(11-9-15)21-13(2)19/h3-12H,1-2H3,(H,18,20)/t12-/m1/s1. The van der Waals surface area contributed by atoms with E-state index in [0.29, 0.717) is 11.3 Å². The molecule has 0 bridgehead atoms. The number of carbonyl (C=O) groups excluding carboxylic acids is 2. The van der Waals surface area contributed by atoms with Crippen LogP contribution >= 0.6 is 0 Å². The molecule has 0 saturated carbocycles. The first kappa shape index (κ1) is 14.8. The Labute approximate surface area is 123 Å². The van der Waals surface area contributed by atoms with Crippen LogP contribution in [0.25, 0.3) is 0 Å². The molecule has 0 spiro atoms. The Kier molecular flexibility index (Phi) is 4.72. The van der Waals surface area contributed by atoms with Crippen LogP contribution in [0.5, 0.6) is 5.75 Å². The molecular formula is C17H17NO3. The van der Waals surface area contributed by atoms with E-state index >= 15 is 0 Å². The molecule has 0 aromatic heterocycles. The van der Waals surface area contributed by atoms with Crippen molar-refractivity contribution in [3.63, 3.8) is 0 Å². The molecule has 4 nitrogen and oxygen atoms in total.